The van der Waals surface area contributed by atoms with Crippen LogP contribution in [-0.4, -0.2) is 23.3 Å². The molecule has 0 radical (unpaired) electrons. The van der Waals surface area contributed by atoms with Crippen molar-refractivity contribution < 1.29 is 18.1 Å². The molecule has 1 aromatic heterocycles. The maximum Gasteiger partial charge on any atom is 0.496 e. The fourth-order valence-electron chi connectivity index (χ4n) is 1.66. The summed E-state index contributed by atoms with van der Waals surface area (Å²) in [5.74, 6) is 0. The molecule has 112 valence electrons. The van der Waals surface area contributed by atoms with E-state index in [2.05, 4.69) is 4.98 Å². The normalized spacial score (nSPS) is 19.8. The Kier molecular flexibility index (Phi) is 5.27. The Morgan fingerprint density at radius 1 is 1.05 bits per heavy atom. The molecule has 0 atom stereocenters. The second-order valence-electron chi connectivity index (χ2n) is 5.41. The van der Waals surface area contributed by atoms with Crippen LogP contribution in [0.5, 0.6) is 0 Å². The Bertz CT molecular complexity index is 419. The van der Waals surface area contributed by atoms with E-state index in [4.69, 9.17) is 9.31 Å². The molecule has 0 amide bonds. The van der Waals surface area contributed by atoms with Gasteiger partial charge in [0.2, 0.25) is 0 Å². The Hall–Kier alpha value is -1.01. The molecule has 0 bridgehead atoms. The predicted molar refractivity (Wildman–Crippen MR) is 76.3 cm³/mol. The summed E-state index contributed by atoms with van der Waals surface area (Å²) in [5, 5.41) is 0. The molecule has 1 aliphatic heterocycles. The van der Waals surface area contributed by atoms with Crippen LogP contribution in [0, 0.1) is 0 Å². The minimum absolute atomic E-state index is 0.240. The molecular weight excluding hydrogens is 263 g/mol. The molecular formula is C14H22BF2NO2. The van der Waals surface area contributed by atoms with Gasteiger partial charge in [-0.3, -0.25) is 4.98 Å². The highest BCUT2D eigenvalue weighted by Crippen LogP contribution is 2.36. The van der Waals surface area contributed by atoms with Gasteiger partial charge < -0.3 is 9.31 Å². The zero-order chi connectivity index (χ0) is 15.6. The van der Waals surface area contributed by atoms with Crippen LogP contribution in [0.2, 0.25) is 0 Å². The molecule has 0 spiro atoms. The lowest BCUT2D eigenvalue weighted by atomic mass is 9.80. The summed E-state index contributed by atoms with van der Waals surface area (Å²) in [6, 6.07) is 2.86. The first kappa shape index (κ1) is 17.0. The van der Waals surface area contributed by atoms with Gasteiger partial charge in [-0.15, -0.1) is 0 Å². The first-order valence-electron chi connectivity index (χ1n) is 6.82. The lowest BCUT2D eigenvalue weighted by Crippen LogP contribution is -2.41. The summed E-state index contributed by atoms with van der Waals surface area (Å²) in [7, 11) is -0.561. The van der Waals surface area contributed by atoms with E-state index in [0.29, 0.717) is 5.46 Å². The van der Waals surface area contributed by atoms with E-state index in [-0.39, 0.29) is 5.69 Å². The molecule has 0 unspecified atom stereocenters. The molecule has 1 fully saturated rings. The third-order valence-corrected chi connectivity index (χ3v) is 3.56. The van der Waals surface area contributed by atoms with Crippen molar-refractivity contribution in [1.82, 2.24) is 4.98 Å². The van der Waals surface area contributed by atoms with Gasteiger partial charge in [-0.25, -0.2) is 8.78 Å². The van der Waals surface area contributed by atoms with Crippen molar-refractivity contribution in [2.24, 2.45) is 0 Å². The van der Waals surface area contributed by atoms with Crippen LogP contribution in [0.25, 0.3) is 0 Å². The van der Waals surface area contributed by atoms with Gasteiger partial charge in [0.05, 0.1) is 11.2 Å². The summed E-state index contributed by atoms with van der Waals surface area (Å²) in [4.78, 5) is 3.71. The topological polar surface area (TPSA) is 31.4 Å². The van der Waals surface area contributed by atoms with E-state index in [1.165, 1.54) is 12.3 Å². The molecule has 1 aliphatic rings. The maximum absolute atomic E-state index is 12.4. The molecule has 2 rings (SSSR count). The van der Waals surface area contributed by atoms with E-state index in [1.54, 1.807) is 6.07 Å². The van der Waals surface area contributed by atoms with E-state index in [1.807, 2.05) is 41.5 Å². The quantitative estimate of drug-likeness (QED) is 0.781. The van der Waals surface area contributed by atoms with Gasteiger partial charge in [0.25, 0.3) is 6.43 Å². The van der Waals surface area contributed by atoms with Gasteiger partial charge in [0.1, 0.15) is 5.69 Å². The van der Waals surface area contributed by atoms with E-state index < -0.39 is 24.7 Å². The smallest absolute Gasteiger partial charge is 0.399 e. The predicted octanol–water partition coefficient (Wildman–Crippen LogP) is 3.34. The summed E-state index contributed by atoms with van der Waals surface area (Å²) >= 11 is 0. The zero-order valence-corrected chi connectivity index (χ0v) is 12.9. The minimum atomic E-state index is -2.56. The lowest BCUT2D eigenvalue weighted by Gasteiger charge is -2.32. The summed E-state index contributed by atoms with van der Waals surface area (Å²) in [6.07, 6.45) is -1.18. The van der Waals surface area contributed by atoms with Crippen LogP contribution in [0.15, 0.2) is 18.3 Å². The van der Waals surface area contributed by atoms with Crippen molar-refractivity contribution in [1.29, 1.82) is 0 Å². The zero-order valence-electron chi connectivity index (χ0n) is 12.9. The summed E-state index contributed by atoms with van der Waals surface area (Å²) in [5.41, 5.74) is -0.480. The second-order valence-corrected chi connectivity index (χ2v) is 5.41. The van der Waals surface area contributed by atoms with Crippen LogP contribution in [0.3, 0.4) is 0 Å². The van der Waals surface area contributed by atoms with Crippen molar-refractivity contribution >= 4 is 12.6 Å². The highest BCUT2D eigenvalue weighted by atomic mass is 19.3. The first-order valence-corrected chi connectivity index (χ1v) is 6.82. The number of halogens is 2. The number of hydrogen-bond donors (Lipinski definition) is 0. The second kappa shape index (κ2) is 6.18. The van der Waals surface area contributed by atoms with Crippen LogP contribution in [0.1, 0.15) is 53.7 Å². The molecule has 6 heteroatoms. The Labute approximate surface area is 119 Å². The van der Waals surface area contributed by atoms with Crippen molar-refractivity contribution in [3.63, 3.8) is 0 Å². The van der Waals surface area contributed by atoms with Gasteiger partial charge in [0, 0.05) is 11.7 Å². The van der Waals surface area contributed by atoms with Gasteiger partial charge in [-0.1, -0.05) is 19.9 Å². The van der Waals surface area contributed by atoms with Gasteiger partial charge in [-0.05, 0) is 33.8 Å². The van der Waals surface area contributed by atoms with Crippen LogP contribution in [-0.2, 0) is 9.31 Å². The number of aromatic nitrogens is 1. The van der Waals surface area contributed by atoms with Gasteiger partial charge in [0.15, 0.2) is 0 Å². The molecule has 1 saturated heterocycles. The van der Waals surface area contributed by atoms with E-state index >= 15 is 0 Å². The van der Waals surface area contributed by atoms with Gasteiger partial charge >= 0.3 is 7.12 Å². The summed E-state index contributed by atoms with van der Waals surface area (Å²) < 4.78 is 36.4. The number of nitrogens with zero attached hydrogens (tertiary/aromatic N) is 1. The SMILES string of the molecule is CC.CC1(C)OB(c2ccc(C(F)F)nc2)OC1(C)C. The molecule has 0 aliphatic carbocycles. The highest BCUT2D eigenvalue weighted by molar-refractivity contribution is 6.62. The number of pyridine rings is 1. The third kappa shape index (κ3) is 3.36. The van der Waals surface area contributed by atoms with E-state index in [0.717, 1.165) is 0 Å². The largest absolute Gasteiger partial charge is 0.496 e. The molecule has 2 heterocycles. The Morgan fingerprint density at radius 2 is 1.55 bits per heavy atom. The van der Waals surface area contributed by atoms with Crippen LogP contribution >= 0.6 is 0 Å². The fourth-order valence-corrected chi connectivity index (χ4v) is 1.66. The standard InChI is InChI=1S/C12H16BF2NO2.C2H6/c1-11(2)12(3,4)18-13(17-11)8-5-6-9(10(14)15)16-7-8;1-2/h5-7,10H,1-4H3;1-2H3. The third-order valence-electron chi connectivity index (χ3n) is 3.56. The van der Waals surface area contributed by atoms with Crippen molar-refractivity contribution in [3.05, 3.63) is 24.0 Å². The van der Waals surface area contributed by atoms with Crippen molar-refractivity contribution in [3.8, 4) is 0 Å². The number of hydrogen-bond acceptors (Lipinski definition) is 3. The monoisotopic (exact) mass is 285 g/mol. The maximum atomic E-state index is 12.4. The van der Waals surface area contributed by atoms with Gasteiger partial charge in [-0.2, -0.15) is 0 Å². The van der Waals surface area contributed by atoms with Crippen LogP contribution in [0.4, 0.5) is 8.78 Å². The van der Waals surface area contributed by atoms with E-state index in [9.17, 15) is 8.78 Å². The molecule has 0 aromatic carbocycles. The van der Waals surface area contributed by atoms with Crippen molar-refractivity contribution in [2.45, 2.75) is 59.2 Å². The van der Waals surface area contributed by atoms with Crippen LogP contribution < -0.4 is 5.46 Å². The molecule has 20 heavy (non-hydrogen) atoms. The minimum Gasteiger partial charge on any atom is -0.399 e. The average molecular weight is 285 g/mol. The Balaban J connectivity index is 0.000000956. The molecule has 0 saturated carbocycles. The summed E-state index contributed by atoms with van der Waals surface area (Å²) in [6.45, 7) is 11.8. The fraction of sp³-hybridized carbons (Fsp3) is 0.643. The highest BCUT2D eigenvalue weighted by Gasteiger charge is 2.51. The molecule has 0 N–H and O–H groups in total. The van der Waals surface area contributed by atoms with Crippen molar-refractivity contribution in [2.75, 3.05) is 0 Å². The number of alkyl halides is 2. The molecule has 3 nitrogen and oxygen atoms in total. The average Bonchev–Trinajstić information content (AvgIpc) is 2.61. The molecule has 1 aromatic rings. The number of rotatable bonds is 2. The lowest BCUT2D eigenvalue weighted by molar-refractivity contribution is 0.00578. The Morgan fingerprint density at radius 3 is 1.90 bits per heavy atom. The first-order chi connectivity index (χ1) is 9.23.